The number of H-pyrrole nitrogens is 1. The van der Waals surface area contributed by atoms with Gasteiger partial charge in [-0.1, -0.05) is 45.0 Å². The minimum absolute atomic E-state index is 0.00797. The van der Waals surface area contributed by atoms with Gasteiger partial charge in [-0.15, -0.1) is 22.7 Å². The molecule has 0 bridgehead atoms. The molecule has 6 rings (SSSR count). The Kier molecular flexibility index (Phi) is 13.8. The molecule has 0 spiro atoms. The number of hydrogen-bond donors (Lipinski definition) is 5. The van der Waals surface area contributed by atoms with Crippen molar-refractivity contribution in [2.24, 2.45) is 0 Å². The maximum absolute atomic E-state index is 13.4. The van der Waals surface area contributed by atoms with Crippen LogP contribution in [0.15, 0.2) is 76.2 Å². The number of rotatable bonds is 18. The molecule has 15 heteroatoms. The molecule has 0 saturated heterocycles. The smallest absolute Gasteiger partial charge is 0.349 e. The van der Waals surface area contributed by atoms with Gasteiger partial charge in [-0.2, -0.15) is 0 Å². The van der Waals surface area contributed by atoms with Crippen LogP contribution in [0.1, 0.15) is 79.9 Å². The summed E-state index contributed by atoms with van der Waals surface area (Å²) in [6.07, 6.45) is 4.00. The van der Waals surface area contributed by atoms with E-state index in [4.69, 9.17) is 9.16 Å². The number of nitrogens with one attached hydrogen (secondary N) is 3. The van der Waals surface area contributed by atoms with Crippen molar-refractivity contribution in [2.75, 3.05) is 25.5 Å². The molecule has 0 aliphatic heterocycles. The highest BCUT2D eigenvalue weighted by Crippen LogP contribution is 2.41. The molecule has 58 heavy (non-hydrogen) atoms. The fourth-order valence-electron chi connectivity index (χ4n) is 7.38. The van der Waals surface area contributed by atoms with Gasteiger partial charge < -0.3 is 39.9 Å². The minimum Gasteiger partial charge on any atom is -0.506 e. The summed E-state index contributed by atoms with van der Waals surface area (Å²) in [5.41, 5.74) is 1.92. The van der Waals surface area contributed by atoms with Gasteiger partial charge in [-0.05, 0) is 122 Å². The Morgan fingerprint density at radius 1 is 1.05 bits per heavy atom. The highest BCUT2D eigenvalue weighted by atomic mass is 32.1. The first-order valence-electron chi connectivity index (χ1n) is 20.0. The summed E-state index contributed by atoms with van der Waals surface area (Å²) in [5.74, 6) is -0.622. The molecule has 1 atom stereocenters. The van der Waals surface area contributed by atoms with Crippen LogP contribution in [-0.2, 0) is 37.4 Å². The molecule has 12 nitrogen and oxygen atoms in total. The van der Waals surface area contributed by atoms with Gasteiger partial charge in [0.25, 0.3) is 0 Å². The molecule has 3 heterocycles. The van der Waals surface area contributed by atoms with Crippen LogP contribution in [0.3, 0.4) is 0 Å². The van der Waals surface area contributed by atoms with Crippen molar-refractivity contribution in [3.05, 3.63) is 103 Å². The van der Waals surface area contributed by atoms with E-state index in [1.807, 2.05) is 47.2 Å². The van der Waals surface area contributed by atoms with Crippen molar-refractivity contribution >= 4 is 60.1 Å². The van der Waals surface area contributed by atoms with Crippen LogP contribution in [0.4, 0.5) is 5.69 Å². The molecule has 1 saturated carbocycles. The Morgan fingerprint density at radius 3 is 2.36 bits per heavy atom. The highest BCUT2D eigenvalue weighted by molar-refractivity contribution is 7.12. The Bertz CT molecular complexity index is 2150. The second-order valence-corrected chi connectivity index (χ2v) is 23.5. The summed E-state index contributed by atoms with van der Waals surface area (Å²) in [6, 6.07) is 18.7. The number of esters is 1. The second kappa shape index (κ2) is 18.4. The van der Waals surface area contributed by atoms with Crippen LogP contribution in [0.25, 0.3) is 11.0 Å². The predicted octanol–water partition coefficient (Wildman–Crippen LogP) is 7.69. The molecule has 1 amide bonds. The summed E-state index contributed by atoms with van der Waals surface area (Å²) < 4.78 is 14.6. The first kappa shape index (κ1) is 43.5. The number of aromatic amines is 1. The second-order valence-electron chi connectivity index (χ2n) is 16.8. The van der Waals surface area contributed by atoms with E-state index in [9.17, 15) is 24.6 Å². The van der Waals surface area contributed by atoms with Gasteiger partial charge in [0.1, 0.15) is 11.9 Å². The fraction of sp³-hybridized carbons (Fsp3) is 0.465. The van der Waals surface area contributed by atoms with E-state index in [1.165, 1.54) is 22.7 Å². The maximum Gasteiger partial charge on any atom is 0.349 e. The van der Waals surface area contributed by atoms with Gasteiger partial charge in [-0.25, -0.2) is 9.59 Å². The van der Waals surface area contributed by atoms with Crippen LogP contribution in [0.2, 0.25) is 18.1 Å². The normalized spacial score (nSPS) is 17.1. The number of fused-ring (bicyclic) bond motifs is 1. The van der Waals surface area contributed by atoms with E-state index >= 15 is 0 Å². The molecule has 5 N–H and O–H groups in total. The number of benzene rings is 2. The number of carbonyl (C=O) groups excluding carboxylic acids is 2. The lowest BCUT2D eigenvalue weighted by Crippen LogP contribution is -2.43. The Labute approximate surface area is 349 Å². The van der Waals surface area contributed by atoms with Gasteiger partial charge in [0, 0.05) is 25.7 Å². The standard InChI is InChI=1S/C43H57N5O7S2Si/c1-42(2,3)58(5,6)55-37(30-13-19-36(50)34(25-30)45-28-49)27-44-26-29-12-18-35-33(24-29)46-41(52)48(35)21-9-20-47(4)31-14-16-32(17-15-31)54-40(51)43(53,38-10-7-22-56-38)39-11-8-23-57-39/h7-8,10-13,18-19,22-25,28,31-32,37,44,50,53H,9,14-17,20-21,26-27H2,1-6H3,(H,45,49)(H,46,52)/t31?,32?,37-/m0/s1. The van der Waals surface area contributed by atoms with E-state index in [1.54, 1.807) is 28.8 Å². The first-order chi connectivity index (χ1) is 27.6. The molecule has 1 aliphatic carbocycles. The van der Waals surface area contributed by atoms with Crippen LogP contribution in [-0.4, -0.2) is 77.6 Å². The number of aryl methyl sites for hydroxylation is 1. The zero-order valence-corrected chi connectivity index (χ0v) is 36.9. The maximum atomic E-state index is 13.4. The van der Waals surface area contributed by atoms with E-state index in [2.05, 4.69) is 61.4 Å². The molecule has 312 valence electrons. The lowest BCUT2D eigenvalue weighted by Gasteiger charge is -2.39. The lowest BCUT2D eigenvalue weighted by atomic mass is 9.91. The highest BCUT2D eigenvalue weighted by Gasteiger charge is 2.45. The van der Waals surface area contributed by atoms with E-state index in [0.29, 0.717) is 47.5 Å². The summed E-state index contributed by atoms with van der Waals surface area (Å²) in [5, 5.41) is 31.6. The van der Waals surface area contributed by atoms with Gasteiger partial charge in [0.05, 0.1) is 32.6 Å². The molecule has 1 aliphatic rings. The van der Waals surface area contributed by atoms with E-state index < -0.39 is 19.9 Å². The topological polar surface area (TPSA) is 158 Å². The number of imidazole rings is 1. The van der Waals surface area contributed by atoms with Gasteiger partial charge >= 0.3 is 11.7 Å². The third kappa shape index (κ3) is 9.84. The Morgan fingerprint density at radius 2 is 1.74 bits per heavy atom. The van der Waals surface area contributed by atoms with Gasteiger partial charge in [0.2, 0.25) is 12.0 Å². The van der Waals surface area contributed by atoms with Crippen LogP contribution in [0, 0.1) is 0 Å². The summed E-state index contributed by atoms with van der Waals surface area (Å²) in [6.45, 7) is 13.4. The number of phenolic OH excluding ortho intramolecular Hbond substituents is 1. The number of carbonyl (C=O) groups is 2. The van der Waals surface area contributed by atoms with Crippen molar-refractivity contribution in [1.29, 1.82) is 0 Å². The Hall–Kier alpha value is -4.09. The SMILES string of the molecule is CN(CCCn1c(=O)[nH]c2cc(CNC[C@H](O[Si](C)(C)C(C)(C)C)c3ccc(O)c(NC=O)c3)ccc21)C1CCC(OC(=O)C(O)(c2cccs2)c2cccs2)CC1. The Balaban J connectivity index is 1.00. The summed E-state index contributed by atoms with van der Waals surface area (Å²) in [4.78, 5) is 44.2. The lowest BCUT2D eigenvalue weighted by molar-refractivity contribution is -0.169. The number of aliphatic hydroxyl groups is 1. The van der Waals surface area contributed by atoms with Crippen molar-refractivity contribution < 1.29 is 29.0 Å². The fourth-order valence-corrected chi connectivity index (χ4v) is 10.4. The number of hydrogen-bond acceptors (Lipinski definition) is 11. The third-order valence-corrected chi connectivity index (χ3v) is 18.3. The zero-order chi connectivity index (χ0) is 41.7. The number of aromatic nitrogens is 2. The monoisotopic (exact) mass is 847 g/mol. The van der Waals surface area contributed by atoms with Gasteiger partial charge in [-0.3, -0.25) is 9.36 Å². The molecule has 5 aromatic rings. The molecule has 1 fully saturated rings. The first-order valence-corrected chi connectivity index (χ1v) is 24.6. The van der Waals surface area contributed by atoms with Crippen molar-refractivity contribution in [3.8, 4) is 5.75 Å². The van der Waals surface area contributed by atoms with Gasteiger partial charge in [0.15, 0.2) is 8.32 Å². The van der Waals surface area contributed by atoms with Crippen LogP contribution in [0.5, 0.6) is 5.75 Å². The molecular formula is C43H57N5O7S2Si. The number of aromatic hydroxyl groups is 1. The average Bonchev–Trinajstić information content (AvgIpc) is 3.98. The number of phenols is 1. The number of amides is 1. The number of nitrogens with zero attached hydrogens (tertiary/aromatic N) is 2. The van der Waals surface area contributed by atoms with E-state index in [-0.39, 0.29) is 28.7 Å². The molecular weight excluding hydrogens is 791 g/mol. The van der Waals surface area contributed by atoms with E-state index in [0.717, 1.165) is 60.8 Å². The molecule has 3 aromatic heterocycles. The summed E-state index contributed by atoms with van der Waals surface area (Å²) in [7, 11) is -0.0731. The molecule has 0 unspecified atom stereocenters. The van der Waals surface area contributed by atoms with Crippen LogP contribution >= 0.6 is 22.7 Å². The third-order valence-electron chi connectivity index (χ3n) is 11.8. The predicted molar refractivity (Wildman–Crippen MR) is 234 cm³/mol. The van der Waals surface area contributed by atoms with Crippen molar-refractivity contribution in [2.45, 2.75) is 108 Å². The number of thiophene rings is 2. The quantitative estimate of drug-likeness (QED) is 0.0258. The van der Waals surface area contributed by atoms with Crippen LogP contribution < -0.4 is 16.3 Å². The molecule has 2 aromatic carbocycles. The average molecular weight is 848 g/mol. The molecule has 0 radical (unpaired) electrons. The number of ether oxygens (including phenoxy) is 1. The number of anilines is 1. The van der Waals surface area contributed by atoms with Crippen molar-refractivity contribution in [3.63, 3.8) is 0 Å². The summed E-state index contributed by atoms with van der Waals surface area (Å²) >= 11 is 2.69. The zero-order valence-electron chi connectivity index (χ0n) is 34.2. The van der Waals surface area contributed by atoms with Crippen molar-refractivity contribution in [1.82, 2.24) is 19.8 Å². The largest absolute Gasteiger partial charge is 0.506 e. The minimum atomic E-state index is -2.19.